The summed E-state index contributed by atoms with van der Waals surface area (Å²) in [5.74, 6) is 1.63. The highest BCUT2D eigenvalue weighted by Crippen LogP contribution is 2.31. The fraction of sp³-hybridized carbons (Fsp3) is 0.600. The molecule has 0 amide bonds. The summed E-state index contributed by atoms with van der Waals surface area (Å²) in [6.07, 6.45) is 5.45. The van der Waals surface area contributed by atoms with Crippen molar-refractivity contribution >= 4 is 0 Å². The second-order valence-electron chi connectivity index (χ2n) is 5.24. The molecule has 0 aromatic heterocycles. The molecule has 17 heavy (non-hydrogen) atoms. The third kappa shape index (κ3) is 3.01. The van der Waals surface area contributed by atoms with Gasteiger partial charge in [-0.25, -0.2) is 0 Å². The van der Waals surface area contributed by atoms with Crippen molar-refractivity contribution in [1.82, 2.24) is 0 Å². The number of rotatable bonds is 3. The summed E-state index contributed by atoms with van der Waals surface area (Å²) >= 11 is 0. The Morgan fingerprint density at radius 2 is 1.94 bits per heavy atom. The van der Waals surface area contributed by atoms with Crippen LogP contribution in [0.5, 0.6) is 5.75 Å². The maximum atomic E-state index is 6.18. The molecule has 3 unspecified atom stereocenters. The molecule has 0 heterocycles. The maximum Gasteiger partial charge on any atom is 0.124 e. The Labute approximate surface area is 104 Å². The lowest BCUT2D eigenvalue weighted by molar-refractivity contribution is 0.101. The normalized spacial score (nSPS) is 26.5. The Balaban J connectivity index is 2.12. The first-order valence-electron chi connectivity index (χ1n) is 6.69. The van der Waals surface area contributed by atoms with Crippen molar-refractivity contribution < 1.29 is 4.74 Å². The fourth-order valence-electron chi connectivity index (χ4n) is 2.58. The number of hydrogen-bond acceptors (Lipinski definition) is 2. The SMILES string of the molecule is CC(N)c1ccccc1OC1CCCCC1C. The van der Waals surface area contributed by atoms with Gasteiger partial charge >= 0.3 is 0 Å². The van der Waals surface area contributed by atoms with Crippen LogP contribution in [0, 0.1) is 5.92 Å². The molecule has 0 aliphatic heterocycles. The van der Waals surface area contributed by atoms with E-state index in [0.717, 1.165) is 11.3 Å². The Hall–Kier alpha value is -1.02. The molecule has 0 bridgehead atoms. The summed E-state index contributed by atoms with van der Waals surface area (Å²) < 4.78 is 6.18. The van der Waals surface area contributed by atoms with Crippen LogP contribution in [0.1, 0.15) is 51.1 Å². The third-order valence-corrected chi connectivity index (χ3v) is 3.72. The van der Waals surface area contributed by atoms with E-state index in [-0.39, 0.29) is 6.04 Å². The number of hydrogen-bond donors (Lipinski definition) is 1. The molecular formula is C15H23NO. The Morgan fingerprint density at radius 3 is 2.65 bits per heavy atom. The van der Waals surface area contributed by atoms with Crippen LogP contribution in [0.2, 0.25) is 0 Å². The minimum absolute atomic E-state index is 0.0325. The smallest absolute Gasteiger partial charge is 0.124 e. The van der Waals surface area contributed by atoms with Crippen LogP contribution in [-0.2, 0) is 0 Å². The van der Waals surface area contributed by atoms with E-state index in [1.54, 1.807) is 0 Å². The predicted octanol–water partition coefficient (Wildman–Crippen LogP) is 3.66. The molecule has 1 aromatic rings. The van der Waals surface area contributed by atoms with Crippen molar-refractivity contribution in [3.8, 4) is 5.75 Å². The molecule has 0 saturated heterocycles. The van der Waals surface area contributed by atoms with E-state index in [1.807, 2.05) is 25.1 Å². The van der Waals surface area contributed by atoms with E-state index in [2.05, 4.69) is 13.0 Å². The van der Waals surface area contributed by atoms with Crippen molar-refractivity contribution in [2.24, 2.45) is 11.7 Å². The maximum absolute atomic E-state index is 6.18. The van der Waals surface area contributed by atoms with Gasteiger partial charge in [0.15, 0.2) is 0 Å². The van der Waals surface area contributed by atoms with Gasteiger partial charge in [-0.3, -0.25) is 0 Å². The van der Waals surface area contributed by atoms with Gasteiger partial charge in [0.2, 0.25) is 0 Å². The summed E-state index contributed by atoms with van der Waals surface area (Å²) in [4.78, 5) is 0. The molecule has 1 saturated carbocycles. The predicted molar refractivity (Wildman–Crippen MR) is 71.1 cm³/mol. The minimum atomic E-state index is 0.0325. The van der Waals surface area contributed by atoms with Gasteiger partial charge in [0, 0.05) is 11.6 Å². The van der Waals surface area contributed by atoms with Gasteiger partial charge in [-0.2, -0.15) is 0 Å². The summed E-state index contributed by atoms with van der Waals surface area (Å²) in [5, 5.41) is 0. The molecule has 0 spiro atoms. The van der Waals surface area contributed by atoms with Crippen LogP contribution < -0.4 is 10.5 Å². The lowest BCUT2D eigenvalue weighted by Crippen LogP contribution is -2.28. The highest BCUT2D eigenvalue weighted by molar-refractivity contribution is 5.35. The number of nitrogens with two attached hydrogens (primary N) is 1. The summed E-state index contributed by atoms with van der Waals surface area (Å²) in [6, 6.07) is 8.18. The first-order valence-corrected chi connectivity index (χ1v) is 6.69. The molecule has 1 fully saturated rings. The molecule has 2 heteroatoms. The average molecular weight is 233 g/mol. The first-order chi connectivity index (χ1) is 8.18. The molecule has 2 N–H and O–H groups in total. The molecular weight excluding hydrogens is 210 g/mol. The van der Waals surface area contributed by atoms with Crippen LogP contribution in [0.25, 0.3) is 0 Å². The van der Waals surface area contributed by atoms with Crippen LogP contribution >= 0.6 is 0 Å². The van der Waals surface area contributed by atoms with Crippen molar-refractivity contribution in [1.29, 1.82) is 0 Å². The molecule has 3 atom stereocenters. The van der Waals surface area contributed by atoms with Crippen molar-refractivity contribution in [2.45, 2.75) is 51.7 Å². The van der Waals surface area contributed by atoms with Crippen LogP contribution in [0.4, 0.5) is 0 Å². The van der Waals surface area contributed by atoms with Crippen LogP contribution in [0.3, 0.4) is 0 Å². The highest BCUT2D eigenvalue weighted by atomic mass is 16.5. The van der Waals surface area contributed by atoms with Gasteiger partial charge in [-0.15, -0.1) is 0 Å². The van der Waals surface area contributed by atoms with Gasteiger partial charge in [0.05, 0.1) is 0 Å². The number of benzene rings is 1. The zero-order valence-corrected chi connectivity index (χ0v) is 10.9. The Bertz CT molecular complexity index is 362. The van der Waals surface area contributed by atoms with Gasteiger partial charge in [0.25, 0.3) is 0 Å². The summed E-state index contributed by atoms with van der Waals surface area (Å²) in [6.45, 7) is 4.30. The highest BCUT2D eigenvalue weighted by Gasteiger charge is 2.23. The van der Waals surface area contributed by atoms with E-state index in [0.29, 0.717) is 12.0 Å². The Morgan fingerprint density at radius 1 is 1.24 bits per heavy atom. The zero-order valence-electron chi connectivity index (χ0n) is 10.9. The lowest BCUT2D eigenvalue weighted by Gasteiger charge is -2.30. The molecule has 1 aliphatic carbocycles. The van der Waals surface area contributed by atoms with Crippen LogP contribution in [0.15, 0.2) is 24.3 Å². The first kappa shape index (κ1) is 12.4. The molecule has 2 nitrogen and oxygen atoms in total. The second-order valence-corrected chi connectivity index (χ2v) is 5.24. The Kier molecular flexibility index (Phi) is 4.06. The van der Waals surface area contributed by atoms with Crippen LogP contribution in [-0.4, -0.2) is 6.10 Å². The zero-order chi connectivity index (χ0) is 12.3. The molecule has 1 aromatic carbocycles. The standard InChI is InChI=1S/C15H23NO/c1-11-7-3-5-9-14(11)17-15-10-6-4-8-13(15)12(2)16/h4,6,8,10-12,14H,3,5,7,9,16H2,1-2H3. The van der Waals surface area contributed by atoms with Crippen molar-refractivity contribution in [2.75, 3.05) is 0 Å². The van der Waals surface area contributed by atoms with E-state index in [1.165, 1.54) is 25.7 Å². The van der Waals surface area contributed by atoms with Gasteiger partial charge in [-0.05, 0) is 38.2 Å². The van der Waals surface area contributed by atoms with Crippen molar-refractivity contribution in [3.63, 3.8) is 0 Å². The number of para-hydroxylation sites is 1. The van der Waals surface area contributed by atoms with E-state index < -0.39 is 0 Å². The topological polar surface area (TPSA) is 35.2 Å². The molecule has 94 valence electrons. The summed E-state index contributed by atoms with van der Waals surface area (Å²) in [7, 11) is 0. The lowest BCUT2D eigenvalue weighted by atomic mass is 9.88. The summed E-state index contributed by atoms with van der Waals surface area (Å²) in [5.41, 5.74) is 7.09. The van der Waals surface area contributed by atoms with E-state index in [9.17, 15) is 0 Å². The van der Waals surface area contributed by atoms with Gasteiger partial charge in [0.1, 0.15) is 11.9 Å². The van der Waals surface area contributed by atoms with Gasteiger partial charge < -0.3 is 10.5 Å². The largest absolute Gasteiger partial charge is 0.490 e. The van der Waals surface area contributed by atoms with E-state index >= 15 is 0 Å². The average Bonchev–Trinajstić information content (AvgIpc) is 2.32. The fourth-order valence-corrected chi connectivity index (χ4v) is 2.58. The molecule has 0 radical (unpaired) electrons. The number of ether oxygens (including phenoxy) is 1. The van der Waals surface area contributed by atoms with Gasteiger partial charge in [-0.1, -0.05) is 31.5 Å². The molecule has 1 aliphatic rings. The monoisotopic (exact) mass is 233 g/mol. The minimum Gasteiger partial charge on any atom is -0.490 e. The quantitative estimate of drug-likeness (QED) is 0.864. The molecule has 2 rings (SSSR count). The second kappa shape index (κ2) is 5.54. The third-order valence-electron chi connectivity index (χ3n) is 3.72. The van der Waals surface area contributed by atoms with E-state index in [4.69, 9.17) is 10.5 Å². The van der Waals surface area contributed by atoms with Crippen molar-refractivity contribution in [3.05, 3.63) is 29.8 Å².